The molecule has 156 valence electrons. The van der Waals surface area contributed by atoms with Gasteiger partial charge < -0.3 is 14.8 Å². The van der Waals surface area contributed by atoms with E-state index in [1.165, 1.54) is 0 Å². The van der Waals surface area contributed by atoms with Gasteiger partial charge in [0.2, 0.25) is 0 Å². The topological polar surface area (TPSA) is 54.0 Å². The van der Waals surface area contributed by atoms with Crippen LogP contribution in [0, 0.1) is 0 Å². The molecule has 2 aromatic carbocycles. The summed E-state index contributed by atoms with van der Waals surface area (Å²) in [5.41, 5.74) is 1.50. The van der Waals surface area contributed by atoms with Crippen molar-refractivity contribution in [2.24, 2.45) is 0 Å². The SMILES string of the molecule is CCOCC(CN(C(=O)Nc1ccccc1)c1cccc(Cl)c1)N1CCOCC1. The molecule has 1 unspecified atom stereocenters. The van der Waals surface area contributed by atoms with E-state index in [2.05, 4.69) is 10.2 Å². The maximum atomic E-state index is 13.2. The highest BCUT2D eigenvalue weighted by molar-refractivity contribution is 6.31. The van der Waals surface area contributed by atoms with Crippen molar-refractivity contribution in [2.45, 2.75) is 13.0 Å². The molecule has 0 radical (unpaired) electrons. The molecule has 2 amide bonds. The Morgan fingerprint density at radius 2 is 1.97 bits per heavy atom. The first-order chi connectivity index (χ1) is 14.2. The van der Waals surface area contributed by atoms with Gasteiger partial charge in [-0.2, -0.15) is 0 Å². The standard InChI is InChI=1S/C22H28ClN3O3/c1-2-28-17-21(25-11-13-29-14-12-25)16-26(20-10-6-7-18(23)15-20)22(27)24-19-8-4-3-5-9-19/h3-10,15,21H,2,11-14,16-17H2,1H3,(H,24,27). The molecule has 0 aromatic heterocycles. The van der Waals surface area contributed by atoms with Crippen LogP contribution in [0.5, 0.6) is 0 Å². The molecular weight excluding hydrogens is 390 g/mol. The maximum Gasteiger partial charge on any atom is 0.326 e. The van der Waals surface area contributed by atoms with Crippen LogP contribution >= 0.6 is 11.6 Å². The molecule has 7 heteroatoms. The fraction of sp³-hybridized carbons (Fsp3) is 0.409. The van der Waals surface area contributed by atoms with E-state index in [0.29, 0.717) is 38.0 Å². The Bertz CT molecular complexity index is 769. The maximum absolute atomic E-state index is 13.2. The van der Waals surface area contributed by atoms with E-state index in [1.54, 1.807) is 11.0 Å². The summed E-state index contributed by atoms with van der Waals surface area (Å²) in [6.07, 6.45) is 0. The smallest absolute Gasteiger partial charge is 0.326 e. The third kappa shape index (κ3) is 6.44. The second-order valence-electron chi connectivity index (χ2n) is 6.85. The molecule has 0 saturated carbocycles. The molecule has 29 heavy (non-hydrogen) atoms. The van der Waals surface area contributed by atoms with Crippen molar-refractivity contribution >= 4 is 29.0 Å². The quantitative estimate of drug-likeness (QED) is 0.702. The highest BCUT2D eigenvalue weighted by atomic mass is 35.5. The molecule has 2 aromatic rings. The Morgan fingerprint density at radius 1 is 1.21 bits per heavy atom. The lowest BCUT2D eigenvalue weighted by Gasteiger charge is -2.37. The van der Waals surface area contributed by atoms with Crippen molar-refractivity contribution in [1.29, 1.82) is 0 Å². The second-order valence-corrected chi connectivity index (χ2v) is 7.28. The average Bonchev–Trinajstić information content (AvgIpc) is 2.75. The van der Waals surface area contributed by atoms with Gasteiger partial charge in [0, 0.05) is 42.6 Å². The predicted molar refractivity (Wildman–Crippen MR) is 117 cm³/mol. The third-order valence-corrected chi connectivity index (χ3v) is 5.09. The summed E-state index contributed by atoms with van der Waals surface area (Å²) in [4.78, 5) is 17.3. The van der Waals surface area contributed by atoms with Gasteiger partial charge in [0.05, 0.1) is 25.9 Å². The Hall–Kier alpha value is -2.12. The number of para-hydroxylation sites is 1. The number of morpholine rings is 1. The zero-order chi connectivity index (χ0) is 20.5. The van der Waals surface area contributed by atoms with Crippen molar-refractivity contribution in [2.75, 3.05) is 56.3 Å². The molecule has 3 rings (SSSR count). The fourth-order valence-corrected chi connectivity index (χ4v) is 3.53. The van der Waals surface area contributed by atoms with E-state index in [-0.39, 0.29) is 12.1 Å². The monoisotopic (exact) mass is 417 g/mol. The first-order valence-corrected chi connectivity index (χ1v) is 10.3. The average molecular weight is 418 g/mol. The van der Waals surface area contributed by atoms with E-state index >= 15 is 0 Å². The zero-order valence-corrected chi connectivity index (χ0v) is 17.5. The van der Waals surface area contributed by atoms with E-state index in [1.807, 2.05) is 55.5 Å². The van der Waals surface area contributed by atoms with Crippen LogP contribution in [0.3, 0.4) is 0 Å². The Morgan fingerprint density at radius 3 is 2.66 bits per heavy atom. The Labute approximate surface area is 177 Å². The number of nitrogens with one attached hydrogen (secondary N) is 1. The van der Waals surface area contributed by atoms with E-state index in [9.17, 15) is 4.79 Å². The minimum absolute atomic E-state index is 0.0550. The molecule has 1 saturated heterocycles. The second kappa shape index (κ2) is 11.2. The molecule has 0 aliphatic carbocycles. The van der Waals surface area contributed by atoms with Crippen molar-refractivity contribution in [3.05, 3.63) is 59.6 Å². The predicted octanol–water partition coefficient (Wildman–Crippen LogP) is 4.12. The number of benzene rings is 2. The van der Waals surface area contributed by atoms with Gasteiger partial charge in [-0.25, -0.2) is 4.79 Å². The van der Waals surface area contributed by atoms with Crippen LogP contribution in [0.25, 0.3) is 0 Å². The number of anilines is 2. The van der Waals surface area contributed by atoms with Crippen molar-refractivity contribution in [3.8, 4) is 0 Å². The summed E-state index contributed by atoms with van der Waals surface area (Å²) >= 11 is 6.21. The zero-order valence-electron chi connectivity index (χ0n) is 16.7. The summed E-state index contributed by atoms with van der Waals surface area (Å²) in [6.45, 7) is 6.67. The molecule has 1 atom stereocenters. The molecule has 0 spiro atoms. The normalized spacial score (nSPS) is 15.7. The molecular formula is C22H28ClN3O3. The van der Waals surface area contributed by atoms with Crippen molar-refractivity contribution < 1.29 is 14.3 Å². The molecule has 1 heterocycles. The van der Waals surface area contributed by atoms with Crippen LogP contribution < -0.4 is 10.2 Å². The van der Waals surface area contributed by atoms with Gasteiger partial charge in [-0.3, -0.25) is 9.80 Å². The van der Waals surface area contributed by atoms with Gasteiger partial charge in [0.25, 0.3) is 0 Å². The molecule has 1 aliphatic rings. The number of rotatable bonds is 8. The van der Waals surface area contributed by atoms with Crippen LogP contribution in [0.2, 0.25) is 5.02 Å². The highest BCUT2D eigenvalue weighted by Gasteiger charge is 2.27. The van der Waals surface area contributed by atoms with E-state index < -0.39 is 0 Å². The minimum Gasteiger partial charge on any atom is -0.380 e. The summed E-state index contributed by atoms with van der Waals surface area (Å²) in [7, 11) is 0. The van der Waals surface area contributed by atoms with Gasteiger partial charge in [-0.1, -0.05) is 35.9 Å². The number of carbonyl (C=O) groups is 1. The molecule has 1 aliphatic heterocycles. The van der Waals surface area contributed by atoms with Crippen LogP contribution in [0.15, 0.2) is 54.6 Å². The summed E-state index contributed by atoms with van der Waals surface area (Å²) < 4.78 is 11.2. The molecule has 1 fully saturated rings. The highest BCUT2D eigenvalue weighted by Crippen LogP contribution is 2.22. The van der Waals surface area contributed by atoms with Crippen LogP contribution in [-0.4, -0.2) is 63.0 Å². The van der Waals surface area contributed by atoms with E-state index in [0.717, 1.165) is 24.5 Å². The van der Waals surface area contributed by atoms with Gasteiger partial charge in [0.1, 0.15) is 0 Å². The van der Waals surface area contributed by atoms with Gasteiger partial charge in [-0.05, 0) is 37.3 Å². The third-order valence-electron chi connectivity index (χ3n) is 4.86. The van der Waals surface area contributed by atoms with Crippen molar-refractivity contribution in [1.82, 2.24) is 4.90 Å². The first-order valence-electron chi connectivity index (χ1n) is 9.96. The Kier molecular flexibility index (Phi) is 8.31. The van der Waals surface area contributed by atoms with Crippen LogP contribution in [0.4, 0.5) is 16.2 Å². The summed E-state index contributed by atoms with van der Waals surface area (Å²) in [6, 6.07) is 16.7. The minimum atomic E-state index is -0.201. The molecule has 6 nitrogen and oxygen atoms in total. The number of hydrogen-bond donors (Lipinski definition) is 1. The Balaban J connectivity index is 1.82. The lowest BCUT2D eigenvalue weighted by molar-refractivity contribution is -0.00635. The lowest BCUT2D eigenvalue weighted by Crippen LogP contribution is -2.52. The van der Waals surface area contributed by atoms with Gasteiger partial charge in [-0.15, -0.1) is 0 Å². The number of hydrogen-bond acceptors (Lipinski definition) is 4. The summed E-state index contributed by atoms with van der Waals surface area (Å²) in [5.74, 6) is 0. The van der Waals surface area contributed by atoms with Crippen LogP contribution in [-0.2, 0) is 9.47 Å². The number of carbonyl (C=O) groups excluding carboxylic acids is 1. The first kappa shape index (κ1) is 21.6. The van der Waals surface area contributed by atoms with E-state index in [4.69, 9.17) is 21.1 Å². The van der Waals surface area contributed by atoms with Gasteiger partial charge >= 0.3 is 6.03 Å². The lowest BCUT2D eigenvalue weighted by atomic mass is 10.2. The number of ether oxygens (including phenoxy) is 2. The molecule has 0 bridgehead atoms. The molecule has 1 N–H and O–H groups in total. The van der Waals surface area contributed by atoms with Crippen molar-refractivity contribution in [3.63, 3.8) is 0 Å². The number of urea groups is 1. The largest absolute Gasteiger partial charge is 0.380 e. The number of nitrogens with zero attached hydrogens (tertiary/aromatic N) is 2. The van der Waals surface area contributed by atoms with Gasteiger partial charge in [0.15, 0.2) is 0 Å². The fourth-order valence-electron chi connectivity index (χ4n) is 3.34. The summed E-state index contributed by atoms with van der Waals surface area (Å²) in [5, 5.41) is 3.57. The number of amides is 2. The van der Waals surface area contributed by atoms with Crippen LogP contribution in [0.1, 0.15) is 6.92 Å². The number of halogens is 1.